The SMILES string of the molecule is CC(C)(C)CCCCCCNC(=O)OC(C)(C)CCOC(C)(C)C(N)=O. The number of hydrogen-bond acceptors (Lipinski definition) is 4. The second-order valence-corrected chi connectivity index (χ2v) is 9.27. The van der Waals surface area contributed by atoms with E-state index in [0.717, 1.165) is 12.8 Å². The first-order valence-corrected chi connectivity index (χ1v) is 9.66. The first-order valence-electron chi connectivity index (χ1n) is 9.66. The molecule has 0 heterocycles. The van der Waals surface area contributed by atoms with Crippen LogP contribution < -0.4 is 11.1 Å². The Balaban J connectivity index is 3.88. The lowest BCUT2D eigenvalue weighted by Gasteiger charge is -2.28. The Morgan fingerprint density at radius 1 is 0.885 bits per heavy atom. The smallest absolute Gasteiger partial charge is 0.407 e. The van der Waals surface area contributed by atoms with Gasteiger partial charge in [-0.15, -0.1) is 0 Å². The van der Waals surface area contributed by atoms with Crippen molar-refractivity contribution in [2.24, 2.45) is 11.1 Å². The van der Waals surface area contributed by atoms with Gasteiger partial charge < -0.3 is 20.5 Å². The Bertz CT molecular complexity index is 440. The Morgan fingerprint density at radius 2 is 1.46 bits per heavy atom. The quantitative estimate of drug-likeness (QED) is 0.503. The van der Waals surface area contributed by atoms with E-state index in [1.807, 2.05) is 13.8 Å². The number of primary amides is 1. The third-order valence-corrected chi connectivity index (χ3v) is 4.25. The molecule has 0 aliphatic rings. The van der Waals surface area contributed by atoms with Crippen LogP contribution in [0, 0.1) is 5.41 Å². The zero-order valence-corrected chi connectivity index (χ0v) is 17.9. The van der Waals surface area contributed by atoms with Crippen LogP contribution in [0.5, 0.6) is 0 Å². The van der Waals surface area contributed by atoms with Crippen LogP contribution in [0.1, 0.15) is 87.0 Å². The number of amides is 2. The van der Waals surface area contributed by atoms with Gasteiger partial charge in [-0.05, 0) is 46.0 Å². The number of unbranched alkanes of at least 4 members (excludes halogenated alkanes) is 3. The van der Waals surface area contributed by atoms with Crippen molar-refractivity contribution in [1.82, 2.24) is 5.32 Å². The van der Waals surface area contributed by atoms with Gasteiger partial charge in [0.15, 0.2) is 0 Å². The molecule has 6 heteroatoms. The average molecular weight is 373 g/mol. The minimum absolute atomic E-state index is 0.282. The van der Waals surface area contributed by atoms with E-state index >= 15 is 0 Å². The Kier molecular flexibility index (Phi) is 10.2. The van der Waals surface area contributed by atoms with Crippen molar-refractivity contribution < 1.29 is 19.1 Å². The van der Waals surface area contributed by atoms with Gasteiger partial charge in [0.2, 0.25) is 5.91 Å². The van der Waals surface area contributed by atoms with Gasteiger partial charge in [-0.25, -0.2) is 4.79 Å². The highest BCUT2D eigenvalue weighted by Crippen LogP contribution is 2.22. The van der Waals surface area contributed by atoms with Crippen LogP contribution in [0.3, 0.4) is 0 Å². The van der Waals surface area contributed by atoms with E-state index in [1.165, 1.54) is 19.3 Å². The molecule has 154 valence electrons. The molecule has 0 aliphatic heterocycles. The first-order chi connectivity index (χ1) is 11.8. The Hall–Kier alpha value is -1.30. The standard InChI is InChI=1S/C20H40N2O4/c1-18(2,3)12-10-8-9-11-14-22-17(24)26-19(4,5)13-15-25-20(6,7)16(21)23/h8-15H2,1-7H3,(H2,21,23)(H,22,24). The summed E-state index contributed by atoms with van der Waals surface area (Å²) in [7, 11) is 0. The topological polar surface area (TPSA) is 90.7 Å². The molecule has 0 aromatic rings. The van der Waals surface area contributed by atoms with Crippen molar-refractivity contribution in [2.45, 2.75) is 98.2 Å². The third kappa shape index (κ3) is 13.0. The van der Waals surface area contributed by atoms with Gasteiger partial charge in [-0.1, -0.05) is 40.0 Å². The van der Waals surface area contributed by atoms with Crippen LogP contribution in [-0.4, -0.2) is 36.4 Å². The van der Waals surface area contributed by atoms with Crippen molar-refractivity contribution in [3.63, 3.8) is 0 Å². The number of hydrogen-bond donors (Lipinski definition) is 2. The van der Waals surface area contributed by atoms with Crippen molar-refractivity contribution in [2.75, 3.05) is 13.2 Å². The molecule has 3 N–H and O–H groups in total. The molecule has 6 nitrogen and oxygen atoms in total. The van der Waals surface area contributed by atoms with Crippen molar-refractivity contribution in [3.05, 3.63) is 0 Å². The van der Waals surface area contributed by atoms with Gasteiger partial charge >= 0.3 is 6.09 Å². The molecule has 0 bridgehead atoms. The number of nitrogens with two attached hydrogens (primary N) is 1. The molecular formula is C20H40N2O4. The highest BCUT2D eigenvalue weighted by Gasteiger charge is 2.28. The molecule has 0 aliphatic carbocycles. The maximum absolute atomic E-state index is 11.9. The maximum atomic E-state index is 11.9. The van der Waals surface area contributed by atoms with Crippen LogP contribution in [-0.2, 0) is 14.3 Å². The van der Waals surface area contributed by atoms with Crippen molar-refractivity contribution in [3.8, 4) is 0 Å². The number of ether oxygens (including phenoxy) is 2. The summed E-state index contributed by atoms with van der Waals surface area (Å²) in [6.07, 6.45) is 5.76. The average Bonchev–Trinajstić information content (AvgIpc) is 2.43. The van der Waals surface area contributed by atoms with Gasteiger partial charge in [0, 0.05) is 13.0 Å². The summed E-state index contributed by atoms with van der Waals surface area (Å²) in [5.41, 5.74) is 3.96. The van der Waals surface area contributed by atoms with Gasteiger partial charge in [0.1, 0.15) is 11.2 Å². The fraction of sp³-hybridized carbons (Fsp3) is 0.900. The summed E-state index contributed by atoms with van der Waals surface area (Å²) in [4.78, 5) is 23.1. The monoisotopic (exact) mass is 372 g/mol. The minimum atomic E-state index is -1.02. The number of rotatable bonds is 12. The summed E-state index contributed by atoms with van der Waals surface area (Å²) in [5.74, 6) is -0.517. The van der Waals surface area contributed by atoms with Gasteiger partial charge in [-0.3, -0.25) is 4.79 Å². The lowest BCUT2D eigenvalue weighted by atomic mass is 9.89. The second kappa shape index (κ2) is 10.8. The molecule has 0 fully saturated rings. The number of alkyl carbamates (subject to hydrolysis) is 1. The van der Waals surface area contributed by atoms with Crippen LogP contribution in [0.15, 0.2) is 0 Å². The molecule has 0 spiro atoms. The summed E-state index contributed by atoms with van der Waals surface area (Å²) in [6, 6.07) is 0. The molecule has 0 atom stereocenters. The Morgan fingerprint density at radius 3 is 2.00 bits per heavy atom. The van der Waals surface area contributed by atoms with E-state index in [4.69, 9.17) is 15.2 Å². The van der Waals surface area contributed by atoms with Crippen molar-refractivity contribution >= 4 is 12.0 Å². The fourth-order valence-corrected chi connectivity index (χ4v) is 2.29. The van der Waals surface area contributed by atoms with E-state index in [-0.39, 0.29) is 6.61 Å². The molecule has 0 aromatic heterocycles. The second-order valence-electron chi connectivity index (χ2n) is 9.27. The summed E-state index contributed by atoms with van der Waals surface area (Å²) in [5, 5.41) is 2.79. The third-order valence-electron chi connectivity index (χ3n) is 4.25. The van der Waals surface area contributed by atoms with Crippen LogP contribution >= 0.6 is 0 Å². The molecule has 0 saturated carbocycles. The zero-order chi connectivity index (χ0) is 20.4. The summed E-state index contributed by atoms with van der Waals surface area (Å²) < 4.78 is 10.9. The fourth-order valence-electron chi connectivity index (χ4n) is 2.29. The van der Waals surface area contributed by atoms with Crippen LogP contribution in [0.2, 0.25) is 0 Å². The molecular weight excluding hydrogens is 332 g/mol. The van der Waals surface area contributed by atoms with E-state index < -0.39 is 23.2 Å². The molecule has 0 radical (unpaired) electrons. The highest BCUT2D eigenvalue weighted by atomic mass is 16.6. The van der Waals surface area contributed by atoms with Gasteiger partial charge in [0.05, 0.1) is 6.61 Å². The van der Waals surface area contributed by atoms with Gasteiger partial charge in [0.25, 0.3) is 0 Å². The zero-order valence-electron chi connectivity index (χ0n) is 17.9. The number of nitrogens with one attached hydrogen (secondary N) is 1. The molecule has 0 rings (SSSR count). The van der Waals surface area contributed by atoms with E-state index in [0.29, 0.717) is 18.4 Å². The largest absolute Gasteiger partial charge is 0.443 e. The number of carbonyl (C=O) groups is 2. The molecule has 0 unspecified atom stereocenters. The predicted molar refractivity (Wildman–Crippen MR) is 105 cm³/mol. The van der Waals surface area contributed by atoms with Crippen LogP contribution in [0.25, 0.3) is 0 Å². The van der Waals surface area contributed by atoms with Crippen molar-refractivity contribution in [1.29, 1.82) is 0 Å². The van der Waals surface area contributed by atoms with Crippen LogP contribution in [0.4, 0.5) is 4.79 Å². The maximum Gasteiger partial charge on any atom is 0.407 e. The minimum Gasteiger partial charge on any atom is -0.443 e. The normalized spacial score (nSPS) is 12.7. The number of carbonyl (C=O) groups excluding carboxylic acids is 2. The summed E-state index contributed by atoms with van der Waals surface area (Å²) >= 11 is 0. The highest BCUT2D eigenvalue weighted by molar-refractivity contribution is 5.82. The summed E-state index contributed by atoms with van der Waals surface area (Å²) in [6.45, 7) is 14.6. The van der Waals surface area contributed by atoms with E-state index in [2.05, 4.69) is 26.1 Å². The first kappa shape index (κ1) is 24.7. The van der Waals surface area contributed by atoms with E-state index in [1.54, 1.807) is 13.8 Å². The predicted octanol–water partition coefficient (Wildman–Crippen LogP) is 4.16. The lowest BCUT2D eigenvalue weighted by Crippen LogP contribution is -2.42. The molecule has 26 heavy (non-hydrogen) atoms. The van der Waals surface area contributed by atoms with Gasteiger partial charge in [-0.2, -0.15) is 0 Å². The molecule has 2 amide bonds. The molecule has 0 saturated heterocycles. The lowest BCUT2D eigenvalue weighted by molar-refractivity contribution is -0.141. The van der Waals surface area contributed by atoms with E-state index in [9.17, 15) is 9.59 Å². The molecule has 0 aromatic carbocycles. The Labute approximate surface area is 159 Å².